The number of amides is 2. The number of benzene rings is 2. The van der Waals surface area contributed by atoms with Crippen molar-refractivity contribution in [2.24, 2.45) is 5.14 Å². The second-order valence-electron chi connectivity index (χ2n) is 8.86. The number of nitrogens with one attached hydrogen (secondary N) is 3. The Morgan fingerprint density at radius 2 is 1.81 bits per heavy atom. The van der Waals surface area contributed by atoms with Gasteiger partial charge < -0.3 is 10.6 Å². The first kappa shape index (κ1) is 20.6. The lowest BCUT2D eigenvalue weighted by molar-refractivity contribution is 0.256. The summed E-state index contributed by atoms with van der Waals surface area (Å²) in [5.74, 6) is -0.406. The van der Waals surface area contributed by atoms with Gasteiger partial charge in [-0.05, 0) is 97.4 Å². The summed E-state index contributed by atoms with van der Waals surface area (Å²) in [4.78, 5) is 12.6. The molecule has 5 N–H and O–H groups in total. The van der Waals surface area contributed by atoms with E-state index in [0.29, 0.717) is 0 Å². The van der Waals surface area contributed by atoms with E-state index in [1.807, 2.05) is 0 Å². The number of hydrogen-bond donors (Lipinski definition) is 5. The van der Waals surface area contributed by atoms with Crippen LogP contribution in [0.5, 0.6) is 0 Å². The Morgan fingerprint density at radius 1 is 1.10 bits per heavy atom. The number of aryl methyl sites for hydroxylation is 2. The van der Waals surface area contributed by atoms with Crippen molar-refractivity contribution in [3.8, 4) is 0 Å². The molecule has 2 amide bonds. The Kier molecular flexibility index (Phi) is 5.32. The standard InChI is InChI=1S/C23H29FN4O2S/c24-20-12-14(17-9-10-26-13-17)7-8-21(20)31(25,30)28-23(29)27-22-18-5-1-3-15(18)11-16-4-2-6-19(16)22/h7-8,11-12,17,26,31H,1-6,9-10,13H2,(H4,25,27,28,29,30). The van der Waals surface area contributed by atoms with Gasteiger partial charge in [0.2, 0.25) is 0 Å². The molecular formula is C23H29FN4O2S. The first-order chi connectivity index (χ1) is 14.9. The van der Waals surface area contributed by atoms with E-state index < -0.39 is 22.2 Å². The van der Waals surface area contributed by atoms with Crippen molar-refractivity contribution in [2.45, 2.75) is 55.8 Å². The fraction of sp³-hybridized carbons (Fsp3) is 0.435. The first-order valence-corrected chi connectivity index (χ1v) is 12.8. The Bertz CT molecular complexity index is 1070. The van der Waals surface area contributed by atoms with Crippen LogP contribution in [0.25, 0.3) is 0 Å². The molecule has 0 spiro atoms. The van der Waals surface area contributed by atoms with Crippen LogP contribution in [0.4, 0.5) is 14.9 Å². The molecule has 0 aromatic heterocycles. The number of halogens is 1. The molecule has 31 heavy (non-hydrogen) atoms. The number of nitrogens with two attached hydrogens (primary N) is 1. The topological polar surface area (TPSA) is 96.2 Å². The highest BCUT2D eigenvalue weighted by molar-refractivity contribution is 7.99. The maximum Gasteiger partial charge on any atom is 0.330 e. The zero-order chi connectivity index (χ0) is 21.6. The number of carbonyl (C=O) groups is 1. The molecule has 0 radical (unpaired) electrons. The van der Waals surface area contributed by atoms with E-state index in [4.69, 9.17) is 5.14 Å². The van der Waals surface area contributed by atoms with Gasteiger partial charge in [0.05, 0.1) is 4.90 Å². The molecule has 1 heterocycles. The highest BCUT2D eigenvalue weighted by atomic mass is 32.3. The number of thiol groups is 1. The van der Waals surface area contributed by atoms with Crippen molar-refractivity contribution >= 4 is 22.0 Å². The van der Waals surface area contributed by atoms with Gasteiger partial charge in [-0.3, -0.25) is 9.86 Å². The zero-order valence-corrected chi connectivity index (χ0v) is 18.4. The van der Waals surface area contributed by atoms with Crippen molar-refractivity contribution in [3.05, 3.63) is 57.9 Å². The van der Waals surface area contributed by atoms with Crippen molar-refractivity contribution in [1.29, 1.82) is 0 Å². The fourth-order valence-corrected chi connectivity index (χ4v) is 6.46. The van der Waals surface area contributed by atoms with Crippen LogP contribution in [0.1, 0.15) is 53.0 Å². The summed E-state index contributed by atoms with van der Waals surface area (Å²) in [6.45, 7) is 1.70. The minimum absolute atomic E-state index is 0.152. The van der Waals surface area contributed by atoms with Gasteiger partial charge in [-0.25, -0.2) is 13.4 Å². The second-order valence-corrected chi connectivity index (χ2v) is 10.9. The van der Waals surface area contributed by atoms with E-state index in [9.17, 15) is 13.4 Å². The lowest BCUT2D eigenvalue weighted by Crippen LogP contribution is -2.45. The zero-order valence-electron chi connectivity index (χ0n) is 17.5. The average molecular weight is 445 g/mol. The third-order valence-corrected chi connectivity index (χ3v) is 8.45. The summed E-state index contributed by atoms with van der Waals surface area (Å²) >= 11 is 0. The van der Waals surface area contributed by atoms with E-state index in [1.165, 1.54) is 34.4 Å². The monoisotopic (exact) mass is 444 g/mol. The maximum atomic E-state index is 14.8. The van der Waals surface area contributed by atoms with Gasteiger partial charge in [0.15, 0.2) is 0 Å². The summed E-state index contributed by atoms with van der Waals surface area (Å²) in [5.41, 5.74) is 6.60. The number of carbonyl (C=O) groups excluding carboxylic acids is 1. The normalized spacial score (nSPS) is 20.4. The van der Waals surface area contributed by atoms with Gasteiger partial charge in [-0.1, -0.05) is 12.1 Å². The Morgan fingerprint density at radius 3 is 2.42 bits per heavy atom. The molecule has 1 saturated heterocycles. The molecule has 166 valence electrons. The van der Waals surface area contributed by atoms with Crippen molar-refractivity contribution in [2.75, 3.05) is 18.4 Å². The van der Waals surface area contributed by atoms with Crippen LogP contribution in [0, 0.1) is 5.82 Å². The number of rotatable bonds is 4. The summed E-state index contributed by atoms with van der Waals surface area (Å²) < 4.78 is 30.2. The molecule has 5 rings (SSSR count). The van der Waals surface area contributed by atoms with E-state index in [-0.39, 0.29) is 10.8 Å². The van der Waals surface area contributed by atoms with Crippen LogP contribution in [-0.4, -0.2) is 23.3 Å². The molecule has 1 atom stereocenters. The van der Waals surface area contributed by atoms with Crippen LogP contribution in [-0.2, 0) is 36.0 Å². The minimum Gasteiger partial charge on any atom is -0.316 e. The maximum absolute atomic E-state index is 14.8. The molecule has 2 aromatic rings. The van der Waals surface area contributed by atoms with Gasteiger partial charge in [-0.2, -0.15) is 0 Å². The van der Waals surface area contributed by atoms with Crippen LogP contribution >= 0.6 is 0 Å². The summed E-state index contributed by atoms with van der Waals surface area (Å²) in [6, 6.07) is 6.22. The smallest absolute Gasteiger partial charge is 0.316 e. The van der Waals surface area contributed by atoms with Crippen molar-refractivity contribution in [1.82, 2.24) is 10.0 Å². The predicted octanol–water partition coefficient (Wildman–Crippen LogP) is 2.87. The van der Waals surface area contributed by atoms with Crippen molar-refractivity contribution in [3.63, 3.8) is 0 Å². The molecule has 6 nitrogen and oxygen atoms in total. The first-order valence-electron chi connectivity index (χ1n) is 11.1. The van der Waals surface area contributed by atoms with Gasteiger partial charge in [0.1, 0.15) is 5.82 Å². The van der Waals surface area contributed by atoms with E-state index in [2.05, 4.69) is 21.4 Å². The molecule has 8 heteroatoms. The highest BCUT2D eigenvalue weighted by Gasteiger charge is 2.27. The molecular weight excluding hydrogens is 415 g/mol. The van der Waals surface area contributed by atoms with Crippen LogP contribution < -0.4 is 20.5 Å². The number of anilines is 1. The van der Waals surface area contributed by atoms with Crippen molar-refractivity contribution < 1.29 is 13.4 Å². The minimum atomic E-state index is -3.92. The molecule has 1 fully saturated rings. The van der Waals surface area contributed by atoms with Crippen LogP contribution in [0.2, 0.25) is 0 Å². The Labute approximate surface area is 182 Å². The van der Waals surface area contributed by atoms with E-state index >= 15 is 0 Å². The molecule has 1 aliphatic heterocycles. The largest absolute Gasteiger partial charge is 0.330 e. The number of urea groups is 1. The molecule has 0 saturated carbocycles. The van der Waals surface area contributed by atoms with E-state index in [0.717, 1.165) is 69.3 Å². The van der Waals surface area contributed by atoms with Gasteiger partial charge in [-0.15, -0.1) is 0 Å². The number of fused-ring (bicyclic) bond motifs is 2. The molecule has 0 bridgehead atoms. The molecule has 3 aliphatic rings. The predicted molar refractivity (Wildman–Crippen MR) is 121 cm³/mol. The number of hydrogen-bond acceptors (Lipinski definition) is 3. The van der Waals surface area contributed by atoms with E-state index in [1.54, 1.807) is 6.07 Å². The molecule has 1 unspecified atom stereocenters. The summed E-state index contributed by atoms with van der Waals surface area (Å²) in [5, 5.41) is 12.1. The SMILES string of the molecule is N[SH](=O)(NC(=O)Nc1c2c(cc3c1CCC3)CCC2)c1ccc(C2CCNC2)cc1F. The fourth-order valence-electron chi connectivity index (χ4n) is 5.31. The summed E-state index contributed by atoms with van der Waals surface area (Å²) in [6.07, 6.45) is 6.95. The lowest BCUT2D eigenvalue weighted by atomic mass is 9.98. The molecule has 2 aromatic carbocycles. The third-order valence-electron chi connectivity index (χ3n) is 6.84. The quantitative estimate of drug-likeness (QED) is 0.469. The average Bonchev–Trinajstić information content (AvgIpc) is 3.48. The van der Waals surface area contributed by atoms with Crippen LogP contribution in [0.15, 0.2) is 29.2 Å². The molecule has 2 aliphatic carbocycles. The highest BCUT2D eigenvalue weighted by Crippen LogP contribution is 2.38. The Balaban J connectivity index is 1.36. The summed E-state index contributed by atoms with van der Waals surface area (Å²) in [7, 11) is -3.92. The van der Waals surface area contributed by atoms with Crippen LogP contribution in [0.3, 0.4) is 0 Å². The second kappa shape index (κ2) is 8.00. The third kappa shape index (κ3) is 3.88. The van der Waals surface area contributed by atoms with Gasteiger partial charge in [0.25, 0.3) is 0 Å². The Hall–Kier alpha value is -2.29. The lowest BCUT2D eigenvalue weighted by Gasteiger charge is -2.24. The van der Waals surface area contributed by atoms with Gasteiger partial charge in [0, 0.05) is 22.5 Å². The van der Waals surface area contributed by atoms with Gasteiger partial charge >= 0.3 is 6.03 Å².